The number of carbonyl (C=O) groups is 1. The van der Waals surface area contributed by atoms with Crippen LogP contribution in [0.15, 0.2) is 52.9 Å². The maximum atomic E-state index is 11.8. The molecule has 0 aliphatic rings. The fraction of sp³-hybridized carbons (Fsp3) is 0. The molecule has 0 unspecified atom stereocenters. The molecule has 6 heteroatoms. The molecule has 3 aromatic rings. The number of furan rings is 1. The van der Waals surface area contributed by atoms with Crippen molar-refractivity contribution in [2.75, 3.05) is 5.32 Å². The van der Waals surface area contributed by atoms with Gasteiger partial charge in [0.25, 0.3) is 5.91 Å². The quantitative estimate of drug-likeness (QED) is 0.795. The van der Waals surface area contributed by atoms with Crippen LogP contribution in [0.4, 0.5) is 5.13 Å². The third-order valence-electron chi connectivity index (χ3n) is 2.47. The van der Waals surface area contributed by atoms with E-state index in [1.54, 1.807) is 18.5 Å². The Kier molecular flexibility index (Phi) is 3.07. The topological polar surface area (TPSA) is 68.0 Å². The molecule has 0 radical (unpaired) electrons. The minimum absolute atomic E-state index is 0.235. The first-order valence-electron chi connectivity index (χ1n) is 5.52. The highest BCUT2D eigenvalue weighted by atomic mass is 32.1. The molecule has 0 aromatic carbocycles. The molecule has 3 aromatic heterocycles. The standard InChI is InChI=1S/C13H9N3O2S/c17-12(10-3-5-18-7-10)16-13-15-11(8-19-13)9-2-1-4-14-6-9/h1-8H,(H,15,16,17). The number of carbonyl (C=O) groups excluding carboxylic acids is 1. The normalized spacial score (nSPS) is 10.3. The van der Waals surface area contributed by atoms with E-state index in [-0.39, 0.29) is 5.91 Å². The number of aromatic nitrogens is 2. The lowest BCUT2D eigenvalue weighted by Crippen LogP contribution is -2.10. The van der Waals surface area contributed by atoms with Gasteiger partial charge in [-0.3, -0.25) is 15.1 Å². The van der Waals surface area contributed by atoms with Gasteiger partial charge in [-0.2, -0.15) is 0 Å². The summed E-state index contributed by atoms with van der Waals surface area (Å²) < 4.78 is 4.86. The predicted octanol–water partition coefficient (Wildman–Crippen LogP) is 3.05. The van der Waals surface area contributed by atoms with Crippen LogP contribution in [0.5, 0.6) is 0 Å². The van der Waals surface area contributed by atoms with Crippen molar-refractivity contribution in [3.8, 4) is 11.3 Å². The SMILES string of the molecule is O=C(Nc1nc(-c2cccnc2)cs1)c1ccoc1. The molecule has 0 atom stereocenters. The molecule has 5 nitrogen and oxygen atoms in total. The third-order valence-corrected chi connectivity index (χ3v) is 3.22. The van der Waals surface area contributed by atoms with Gasteiger partial charge in [-0.15, -0.1) is 11.3 Å². The van der Waals surface area contributed by atoms with Crippen LogP contribution in [0, 0.1) is 0 Å². The summed E-state index contributed by atoms with van der Waals surface area (Å²) in [7, 11) is 0. The second-order valence-corrected chi connectivity index (χ2v) is 4.60. The van der Waals surface area contributed by atoms with Crippen LogP contribution < -0.4 is 5.32 Å². The number of thiazole rings is 1. The lowest BCUT2D eigenvalue weighted by atomic mass is 10.2. The van der Waals surface area contributed by atoms with Gasteiger partial charge < -0.3 is 4.42 Å². The highest BCUT2D eigenvalue weighted by Crippen LogP contribution is 2.24. The lowest BCUT2D eigenvalue weighted by molar-refractivity contribution is 0.102. The molecule has 3 heterocycles. The van der Waals surface area contributed by atoms with Crippen molar-refractivity contribution in [1.82, 2.24) is 9.97 Å². The molecule has 3 rings (SSSR count). The first kappa shape index (κ1) is 11.6. The van der Waals surface area contributed by atoms with Crippen LogP contribution in [0.1, 0.15) is 10.4 Å². The number of amides is 1. The maximum absolute atomic E-state index is 11.8. The van der Waals surface area contributed by atoms with Gasteiger partial charge >= 0.3 is 0 Å². The molecule has 0 saturated carbocycles. The summed E-state index contributed by atoms with van der Waals surface area (Å²) in [6, 6.07) is 5.37. The highest BCUT2D eigenvalue weighted by Gasteiger charge is 2.10. The van der Waals surface area contributed by atoms with Crippen molar-refractivity contribution in [2.24, 2.45) is 0 Å². The summed E-state index contributed by atoms with van der Waals surface area (Å²) in [4.78, 5) is 20.2. The summed E-state index contributed by atoms with van der Waals surface area (Å²) >= 11 is 1.37. The minimum Gasteiger partial charge on any atom is -0.472 e. The van der Waals surface area contributed by atoms with Crippen LogP contribution >= 0.6 is 11.3 Å². The Morgan fingerprint density at radius 2 is 2.32 bits per heavy atom. The molecule has 1 amide bonds. The van der Waals surface area contributed by atoms with Crippen LogP contribution in [0.2, 0.25) is 0 Å². The third kappa shape index (κ3) is 2.53. The predicted molar refractivity (Wildman–Crippen MR) is 72.0 cm³/mol. The molecule has 0 saturated heterocycles. The molecular weight excluding hydrogens is 262 g/mol. The summed E-state index contributed by atoms with van der Waals surface area (Å²) in [5.74, 6) is -0.235. The summed E-state index contributed by atoms with van der Waals surface area (Å²) in [5, 5.41) is 5.15. The fourth-order valence-electron chi connectivity index (χ4n) is 1.54. The van der Waals surface area contributed by atoms with E-state index in [0.29, 0.717) is 10.7 Å². The molecule has 1 N–H and O–H groups in total. The smallest absolute Gasteiger partial charge is 0.260 e. The summed E-state index contributed by atoms with van der Waals surface area (Å²) in [5.41, 5.74) is 2.18. The minimum atomic E-state index is -0.235. The van der Waals surface area contributed by atoms with E-state index in [0.717, 1.165) is 11.3 Å². The Labute approximate surface area is 112 Å². The summed E-state index contributed by atoms with van der Waals surface area (Å²) in [6.45, 7) is 0. The van der Waals surface area contributed by atoms with Crippen molar-refractivity contribution < 1.29 is 9.21 Å². The molecule has 0 aliphatic heterocycles. The van der Waals surface area contributed by atoms with Crippen molar-refractivity contribution in [2.45, 2.75) is 0 Å². The fourth-order valence-corrected chi connectivity index (χ4v) is 2.26. The van der Waals surface area contributed by atoms with Crippen molar-refractivity contribution in [3.63, 3.8) is 0 Å². The largest absolute Gasteiger partial charge is 0.472 e. The Morgan fingerprint density at radius 1 is 1.37 bits per heavy atom. The maximum Gasteiger partial charge on any atom is 0.260 e. The van der Waals surface area contributed by atoms with E-state index in [1.807, 2.05) is 17.5 Å². The average Bonchev–Trinajstić information content (AvgIpc) is 3.11. The van der Waals surface area contributed by atoms with Crippen molar-refractivity contribution in [1.29, 1.82) is 0 Å². The van der Waals surface area contributed by atoms with Gasteiger partial charge in [0.1, 0.15) is 6.26 Å². The van der Waals surface area contributed by atoms with Crippen LogP contribution in [-0.2, 0) is 0 Å². The molecule has 94 valence electrons. The van der Waals surface area contributed by atoms with Gasteiger partial charge in [0, 0.05) is 23.3 Å². The lowest BCUT2D eigenvalue weighted by Gasteiger charge is -1.97. The number of hydrogen-bond acceptors (Lipinski definition) is 5. The molecule has 0 spiro atoms. The monoisotopic (exact) mass is 271 g/mol. The average molecular weight is 271 g/mol. The first-order chi connectivity index (χ1) is 9.33. The number of hydrogen-bond donors (Lipinski definition) is 1. The number of anilines is 1. The Hall–Kier alpha value is -2.47. The Morgan fingerprint density at radius 3 is 3.05 bits per heavy atom. The zero-order valence-corrected chi connectivity index (χ0v) is 10.6. The van der Waals surface area contributed by atoms with Gasteiger partial charge in [-0.25, -0.2) is 4.98 Å². The van der Waals surface area contributed by atoms with E-state index in [2.05, 4.69) is 15.3 Å². The molecular formula is C13H9N3O2S. The van der Waals surface area contributed by atoms with Gasteiger partial charge in [-0.1, -0.05) is 0 Å². The highest BCUT2D eigenvalue weighted by molar-refractivity contribution is 7.14. The molecule has 19 heavy (non-hydrogen) atoms. The van der Waals surface area contributed by atoms with Crippen LogP contribution in [-0.4, -0.2) is 15.9 Å². The van der Waals surface area contributed by atoms with E-state index in [4.69, 9.17) is 4.42 Å². The molecule has 0 fully saturated rings. The van der Waals surface area contributed by atoms with Crippen molar-refractivity contribution in [3.05, 3.63) is 54.1 Å². The number of nitrogens with zero attached hydrogens (tertiary/aromatic N) is 2. The zero-order chi connectivity index (χ0) is 13.1. The second-order valence-electron chi connectivity index (χ2n) is 3.75. The van der Waals surface area contributed by atoms with Crippen LogP contribution in [0.3, 0.4) is 0 Å². The van der Waals surface area contributed by atoms with E-state index >= 15 is 0 Å². The van der Waals surface area contributed by atoms with Crippen molar-refractivity contribution >= 4 is 22.4 Å². The van der Waals surface area contributed by atoms with E-state index < -0.39 is 0 Å². The van der Waals surface area contributed by atoms with Gasteiger partial charge in [0.15, 0.2) is 5.13 Å². The van der Waals surface area contributed by atoms with Gasteiger partial charge in [0.2, 0.25) is 0 Å². The second kappa shape index (κ2) is 5.03. The zero-order valence-electron chi connectivity index (χ0n) is 9.74. The first-order valence-corrected chi connectivity index (χ1v) is 6.40. The number of rotatable bonds is 3. The van der Waals surface area contributed by atoms with E-state index in [1.165, 1.54) is 23.9 Å². The Balaban J connectivity index is 1.77. The number of nitrogens with one attached hydrogen (secondary N) is 1. The summed E-state index contributed by atoms with van der Waals surface area (Å²) in [6.07, 6.45) is 6.29. The van der Waals surface area contributed by atoms with E-state index in [9.17, 15) is 4.79 Å². The number of pyridine rings is 1. The molecule has 0 bridgehead atoms. The molecule has 0 aliphatic carbocycles. The van der Waals surface area contributed by atoms with Crippen LogP contribution in [0.25, 0.3) is 11.3 Å². The van der Waals surface area contributed by atoms with Gasteiger partial charge in [-0.05, 0) is 18.2 Å². The van der Waals surface area contributed by atoms with Gasteiger partial charge in [0.05, 0.1) is 17.5 Å². The Bertz CT molecular complexity index is 677.